The second-order valence-corrected chi connectivity index (χ2v) is 5.40. The molecule has 1 atom stereocenters. The number of carbonyl (C=O) groups is 1. The maximum absolute atomic E-state index is 12.0. The number of aliphatic hydroxyl groups is 2. The number of fused-ring (bicyclic) bond motifs is 1. The number of ether oxygens (including phenoxy) is 1. The fraction of sp³-hybridized carbons (Fsp3) is 0.286. The number of amides is 1. The highest BCUT2D eigenvalue weighted by Gasteiger charge is 2.27. The standard InChI is InChI=1S/C14H14N2O4S/c17-5-10(18)4-16-12-3-9(11-7-21-8-15-11)1-2-13(12)20-6-14(16)19/h1-3,7-8,10,17-18H,4-6H2. The van der Waals surface area contributed by atoms with Gasteiger partial charge in [-0.15, -0.1) is 11.3 Å². The minimum Gasteiger partial charge on any atom is -0.482 e. The van der Waals surface area contributed by atoms with Crippen molar-refractivity contribution in [1.29, 1.82) is 0 Å². The van der Waals surface area contributed by atoms with Gasteiger partial charge < -0.3 is 19.8 Å². The molecule has 3 rings (SSSR count). The van der Waals surface area contributed by atoms with Crippen LogP contribution in [-0.2, 0) is 4.79 Å². The lowest BCUT2D eigenvalue weighted by Crippen LogP contribution is -2.44. The van der Waals surface area contributed by atoms with E-state index in [9.17, 15) is 9.90 Å². The summed E-state index contributed by atoms with van der Waals surface area (Å²) in [5.41, 5.74) is 4.02. The molecule has 0 spiro atoms. The minimum atomic E-state index is -0.983. The first-order valence-corrected chi connectivity index (χ1v) is 7.38. The van der Waals surface area contributed by atoms with Crippen LogP contribution >= 0.6 is 11.3 Å². The van der Waals surface area contributed by atoms with Crippen molar-refractivity contribution in [2.45, 2.75) is 6.10 Å². The zero-order valence-electron chi connectivity index (χ0n) is 11.1. The number of anilines is 1. The van der Waals surface area contributed by atoms with Gasteiger partial charge in [0.05, 0.1) is 36.1 Å². The van der Waals surface area contributed by atoms with Gasteiger partial charge in [0, 0.05) is 10.9 Å². The molecule has 2 heterocycles. The number of nitrogens with zero attached hydrogens (tertiary/aromatic N) is 2. The van der Waals surface area contributed by atoms with Gasteiger partial charge in [-0.1, -0.05) is 0 Å². The summed E-state index contributed by atoms with van der Waals surface area (Å²) in [5.74, 6) is 0.337. The van der Waals surface area contributed by atoms with Crippen molar-refractivity contribution < 1.29 is 19.7 Å². The molecule has 7 heteroatoms. The zero-order valence-corrected chi connectivity index (χ0v) is 11.9. The summed E-state index contributed by atoms with van der Waals surface area (Å²) >= 11 is 1.49. The summed E-state index contributed by atoms with van der Waals surface area (Å²) in [7, 11) is 0. The molecular weight excluding hydrogens is 292 g/mol. The van der Waals surface area contributed by atoms with E-state index in [0.29, 0.717) is 11.4 Å². The number of hydrogen-bond acceptors (Lipinski definition) is 6. The Labute approximate surface area is 125 Å². The van der Waals surface area contributed by atoms with E-state index >= 15 is 0 Å². The summed E-state index contributed by atoms with van der Waals surface area (Å²) < 4.78 is 5.40. The number of rotatable bonds is 4. The monoisotopic (exact) mass is 306 g/mol. The van der Waals surface area contributed by atoms with Crippen LogP contribution in [0.2, 0.25) is 0 Å². The highest BCUT2D eigenvalue weighted by Crippen LogP contribution is 2.36. The Bertz CT molecular complexity index is 644. The van der Waals surface area contributed by atoms with Crippen molar-refractivity contribution >= 4 is 22.9 Å². The van der Waals surface area contributed by atoms with Crippen LogP contribution in [0.3, 0.4) is 0 Å². The van der Waals surface area contributed by atoms with E-state index in [2.05, 4.69) is 4.98 Å². The first-order valence-electron chi connectivity index (χ1n) is 6.43. The van der Waals surface area contributed by atoms with Gasteiger partial charge in [-0.2, -0.15) is 0 Å². The third-order valence-corrected chi connectivity index (χ3v) is 3.82. The van der Waals surface area contributed by atoms with Gasteiger partial charge in [0.2, 0.25) is 0 Å². The topological polar surface area (TPSA) is 82.9 Å². The molecule has 1 aromatic heterocycles. The molecule has 0 saturated carbocycles. The molecule has 0 aliphatic carbocycles. The van der Waals surface area contributed by atoms with Crippen LogP contribution in [0.1, 0.15) is 0 Å². The molecule has 0 bridgehead atoms. The van der Waals surface area contributed by atoms with Gasteiger partial charge in [0.15, 0.2) is 6.61 Å². The van der Waals surface area contributed by atoms with Gasteiger partial charge in [0.25, 0.3) is 5.91 Å². The van der Waals surface area contributed by atoms with Gasteiger partial charge in [-0.25, -0.2) is 4.98 Å². The van der Waals surface area contributed by atoms with Crippen LogP contribution in [0, 0.1) is 0 Å². The SMILES string of the molecule is O=C1COc2ccc(-c3cscn3)cc2N1CC(O)CO. The van der Waals surface area contributed by atoms with Crippen LogP contribution in [-0.4, -0.2) is 47.0 Å². The second kappa shape index (κ2) is 5.80. The van der Waals surface area contributed by atoms with Crippen molar-refractivity contribution in [3.63, 3.8) is 0 Å². The molecule has 1 unspecified atom stereocenters. The fourth-order valence-electron chi connectivity index (χ4n) is 2.19. The Kier molecular flexibility index (Phi) is 3.87. The Morgan fingerprint density at radius 3 is 3.05 bits per heavy atom. The summed E-state index contributed by atoms with van der Waals surface area (Å²) in [5, 5.41) is 20.5. The average Bonchev–Trinajstić information content (AvgIpc) is 3.04. The van der Waals surface area contributed by atoms with Gasteiger partial charge >= 0.3 is 0 Å². The van der Waals surface area contributed by atoms with Crippen LogP contribution < -0.4 is 9.64 Å². The van der Waals surface area contributed by atoms with Crippen molar-refractivity contribution in [1.82, 2.24) is 4.98 Å². The van der Waals surface area contributed by atoms with E-state index in [0.717, 1.165) is 11.3 Å². The Balaban J connectivity index is 1.98. The lowest BCUT2D eigenvalue weighted by atomic mass is 10.1. The zero-order chi connectivity index (χ0) is 14.8. The smallest absolute Gasteiger partial charge is 0.265 e. The molecule has 2 aromatic rings. The van der Waals surface area contributed by atoms with E-state index in [4.69, 9.17) is 9.84 Å². The molecule has 110 valence electrons. The highest BCUT2D eigenvalue weighted by molar-refractivity contribution is 7.07. The summed E-state index contributed by atoms with van der Waals surface area (Å²) in [4.78, 5) is 17.7. The number of carbonyl (C=O) groups excluding carboxylic acids is 1. The number of thiazole rings is 1. The first-order chi connectivity index (χ1) is 10.2. The number of β-amino-alcohol motifs (C(OH)–C–C–N with tert-alkyl or cyclic N) is 1. The normalized spacial score (nSPS) is 15.5. The Morgan fingerprint density at radius 1 is 1.48 bits per heavy atom. The molecule has 2 N–H and O–H groups in total. The lowest BCUT2D eigenvalue weighted by Gasteiger charge is -2.30. The predicted octanol–water partition coefficient (Wildman–Crippen LogP) is 0.889. The molecule has 1 aromatic carbocycles. The van der Waals surface area contributed by atoms with E-state index in [1.54, 1.807) is 11.6 Å². The van der Waals surface area contributed by atoms with Crippen molar-refractivity contribution in [3.8, 4) is 17.0 Å². The van der Waals surface area contributed by atoms with Crippen LogP contribution in [0.25, 0.3) is 11.3 Å². The molecule has 1 aliphatic heterocycles. The fourth-order valence-corrected chi connectivity index (χ4v) is 2.75. The third kappa shape index (κ3) is 2.76. The summed E-state index contributed by atoms with van der Waals surface area (Å²) in [6.07, 6.45) is -0.983. The maximum Gasteiger partial charge on any atom is 0.265 e. The van der Waals surface area contributed by atoms with E-state index in [-0.39, 0.29) is 19.1 Å². The first kappa shape index (κ1) is 14.0. The minimum absolute atomic E-state index is 0.0339. The molecule has 21 heavy (non-hydrogen) atoms. The lowest BCUT2D eigenvalue weighted by molar-refractivity contribution is -0.121. The Morgan fingerprint density at radius 2 is 2.33 bits per heavy atom. The molecule has 1 aliphatic rings. The molecule has 0 radical (unpaired) electrons. The quantitative estimate of drug-likeness (QED) is 0.876. The third-order valence-electron chi connectivity index (χ3n) is 3.23. The van der Waals surface area contributed by atoms with Crippen molar-refractivity contribution in [3.05, 3.63) is 29.1 Å². The molecular formula is C14H14N2O4S. The number of aromatic nitrogens is 1. The number of aliphatic hydroxyl groups excluding tert-OH is 2. The van der Waals surface area contributed by atoms with Crippen LogP contribution in [0.5, 0.6) is 5.75 Å². The summed E-state index contributed by atoms with van der Waals surface area (Å²) in [6.45, 7) is -0.431. The molecule has 0 saturated heterocycles. The number of hydrogen-bond donors (Lipinski definition) is 2. The molecule has 0 fully saturated rings. The molecule has 6 nitrogen and oxygen atoms in total. The van der Waals surface area contributed by atoms with Crippen LogP contribution in [0.15, 0.2) is 29.1 Å². The van der Waals surface area contributed by atoms with E-state index in [1.165, 1.54) is 16.2 Å². The number of benzene rings is 1. The maximum atomic E-state index is 12.0. The van der Waals surface area contributed by atoms with E-state index in [1.807, 2.05) is 17.5 Å². The van der Waals surface area contributed by atoms with Crippen LogP contribution in [0.4, 0.5) is 5.69 Å². The van der Waals surface area contributed by atoms with Gasteiger partial charge in [0.1, 0.15) is 5.75 Å². The summed E-state index contributed by atoms with van der Waals surface area (Å²) in [6, 6.07) is 5.48. The highest BCUT2D eigenvalue weighted by atomic mass is 32.1. The van der Waals surface area contributed by atoms with Gasteiger partial charge in [-0.3, -0.25) is 4.79 Å². The van der Waals surface area contributed by atoms with Crippen molar-refractivity contribution in [2.24, 2.45) is 0 Å². The average molecular weight is 306 g/mol. The Hall–Kier alpha value is -1.96. The second-order valence-electron chi connectivity index (χ2n) is 4.69. The van der Waals surface area contributed by atoms with E-state index < -0.39 is 12.7 Å². The van der Waals surface area contributed by atoms with Crippen molar-refractivity contribution in [2.75, 3.05) is 24.7 Å². The predicted molar refractivity (Wildman–Crippen MR) is 78.5 cm³/mol. The largest absolute Gasteiger partial charge is 0.482 e. The molecule has 1 amide bonds. The van der Waals surface area contributed by atoms with Gasteiger partial charge in [-0.05, 0) is 18.2 Å².